The number of nitrogens with zero attached hydrogens (tertiary/aromatic N) is 1. The number of hydrogen-bond donors (Lipinski definition) is 1. The van der Waals surface area contributed by atoms with Crippen molar-refractivity contribution < 1.29 is 8.42 Å². The van der Waals surface area contributed by atoms with E-state index in [0.29, 0.717) is 20.8 Å². The van der Waals surface area contributed by atoms with Gasteiger partial charge in [0.25, 0.3) is 0 Å². The lowest BCUT2D eigenvalue weighted by Crippen LogP contribution is -2.37. The Hall–Kier alpha value is -0.140. The fourth-order valence-electron chi connectivity index (χ4n) is 2.53. The van der Waals surface area contributed by atoms with Crippen molar-refractivity contribution >= 4 is 67.3 Å². The van der Waals surface area contributed by atoms with E-state index in [9.17, 15) is 8.42 Å². The molecule has 0 saturated carbocycles. The Labute approximate surface area is 135 Å². The summed E-state index contributed by atoms with van der Waals surface area (Å²) in [6, 6.07) is 2.78. The predicted molar refractivity (Wildman–Crippen MR) is 85.5 cm³/mol. The third-order valence-electron chi connectivity index (χ3n) is 3.31. The highest BCUT2D eigenvalue weighted by Gasteiger charge is 2.49. The summed E-state index contributed by atoms with van der Waals surface area (Å²) in [5.41, 5.74) is 0.458. The number of amidine groups is 1. The van der Waals surface area contributed by atoms with Gasteiger partial charge in [0.15, 0.2) is 15.0 Å². The van der Waals surface area contributed by atoms with Crippen molar-refractivity contribution in [3.63, 3.8) is 0 Å². The number of nitrogens with one attached hydrogen (secondary N) is 1. The number of halogens is 3. The molecule has 0 unspecified atom stereocenters. The van der Waals surface area contributed by atoms with Gasteiger partial charge >= 0.3 is 0 Å². The molecule has 0 aliphatic carbocycles. The zero-order valence-electron chi connectivity index (χ0n) is 9.94. The van der Waals surface area contributed by atoms with Crippen molar-refractivity contribution in [1.82, 2.24) is 0 Å². The number of sulfone groups is 1. The molecule has 0 bridgehead atoms. The van der Waals surface area contributed by atoms with Gasteiger partial charge in [0.2, 0.25) is 0 Å². The van der Waals surface area contributed by atoms with Gasteiger partial charge in [-0.25, -0.2) is 8.42 Å². The van der Waals surface area contributed by atoms with Crippen molar-refractivity contribution in [2.45, 2.75) is 11.3 Å². The van der Waals surface area contributed by atoms with Crippen LogP contribution in [-0.2, 0) is 9.84 Å². The van der Waals surface area contributed by atoms with Gasteiger partial charge < -0.3 is 4.90 Å². The molecule has 2 aliphatic rings. The molecule has 0 amide bonds. The molecule has 2 saturated heterocycles. The largest absolute Gasteiger partial charge is 0.313 e. The summed E-state index contributed by atoms with van der Waals surface area (Å²) in [6.45, 7) is 0. The van der Waals surface area contributed by atoms with Gasteiger partial charge in [-0.15, -0.1) is 0 Å². The van der Waals surface area contributed by atoms with Crippen LogP contribution in [0.15, 0.2) is 12.1 Å². The van der Waals surface area contributed by atoms with Gasteiger partial charge in [0.05, 0.1) is 33.3 Å². The standard InChI is InChI=1S/C11H9Cl3N2O2S2/c12-5-1-6(13)10(7(14)2-5)16-8-3-20(17,18)4-9(8)19-11(16)15/h1-2,8-9,15H,3-4H2/t8-,9-/m1/s1. The van der Waals surface area contributed by atoms with Crippen molar-refractivity contribution in [2.24, 2.45) is 0 Å². The average Bonchev–Trinajstić information content (AvgIpc) is 2.70. The van der Waals surface area contributed by atoms with Crippen molar-refractivity contribution in [1.29, 1.82) is 5.41 Å². The second-order valence-electron chi connectivity index (χ2n) is 4.69. The van der Waals surface area contributed by atoms with Crippen molar-refractivity contribution in [2.75, 3.05) is 16.4 Å². The molecule has 0 radical (unpaired) electrons. The maximum Gasteiger partial charge on any atom is 0.161 e. The molecular weight excluding hydrogens is 363 g/mol. The Balaban J connectivity index is 2.08. The average molecular weight is 372 g/mol. The maximum atomic E-state index is 11.8. The van der Waals surface area contributed by atoms with Crippen LogP contribution in [0.2, 0.25) is 15.1 Å². The molecule has 0 aromatic heterocycles. The fraction of sp³-hybridized carbons (Fsp3) is 0.364. The van der Waals surface area contributed by atoms with Crippen LogP contribution in [0.5, 0.6) is 0 Å². The molecule has 3 rings (SSSR count). The molecule has 20 heavy (non-hydrogen) atoms. The maximum absolute atomic E-state index is 11.8. The zero-order valence-corrected chi connectivity index (χ0v) is 13.8. The lowest BCUT2D eigenvalue weighted by molar-refractivity contribution is 0.601. The van der Waals surface area contributed by atoms with Crippen LogP contribution in [-0.4, -0.2) is 36.4 Å². The molecule has 2 heterocycles. The van der Waals surface area contributed by atoms with Gasteiger partial charge in [-0.05, 0) is 12.1 Å². The highest BCUT2D eigenvalue weighted by Crippen LogP contribution is 2.45. The second-order valence-corrected chi connectivity index (χ2v) is 9.33. The molecule has 1 aromatic rings. The minimum absolute atomic E-state index is 0.0162. The van der Waals surface area contributed by atoms with E-state index in [1.54, 1.807) is 17.0 Å². The lowest BCUT2D eigenvalue weighted by Gasteiger charge is -2.26. The Morgan fingerprint density at radius 2 is 1.80 bits per heavy atom. The normalized spacial score (nSPS) is 27.9. The number of rotatable bonds is 1. The summed E-state index contributed by atoms with van der Waals surface area (Å²) in [5.74, 6) is 0.104. The number of thioether (sulfide) groups is 1. The highest BCUT2D eigenvalue weighted by molar-refractivity contribution is 8.15. The van der Waals surface area contributed by atoms with E-state index in [4.69, 9.17) is 40.2 Å². The molecule has 0 spiro atoms. The van der Waals surface area contributed by atoms with Gasteiger partial charge in [-0.1, -0.05) is 46.6 Å². The Morgan fingerprint density at radius 3 is 2.40 bits per heavy atom. The topological polar surface area (TPSA) is 61.2 Å². The Bertz CT molecular complexity index is 685. The lowest BCUT2D eigenvalue weighted by atomic mass is 10.2. The molecule has 9 heteroatoms. The molecule has 1 aromatic carbocycles. The van der Waals surface area contributed by atoms with Gasteiger partial charge in [0.1, 0.15) is 0 Å². The summed E-state index contributed by atoms with van der Waals surface area (Å²) in [6.07, 6.45) is 0. The van der Waals surface area contributed by atoms with Crippen molar-refractivity contribution in [3.05, 3.63) is 27.2 Å². The third kappa shape index (κ3) is 2.41. The summed E-state index contributed by atoms with van der Waals surface area (Å²) in [7, 11) is -3.08. The van der Waals surface area contributed by atoms with E-state index in [0.717, 1.165) is 0 Å². The van der Waals surface area contributed by atoms with E-state index < -0.39 is 9.84 Å². The highest BCUT2D eigenvalue weighted by atomic mass is 35.5. The van der Waals surface area contributed by atoms with Crippen LogP contribution in [0, 0.1) is 5.41 Å². The van der Waals surface area contributed by atoms with Gasteiger partial charge in [-0.3, -0.25) is 5.41 Å². The summed E-state index contributed by atoms with van der Waals surface area (Å²) in [5, 5.41) is 9.22. The molecule has 1 N–H and O–H groups in total. The molecule has 2 atom stereocenters. The third-order valence-corrected chi connectivity index (χ3v) is 7.23. The van der Waals surface area contributed by atoms with Crippen LogP contribution in [0.25, 0.3) is 0 Å². The van der Waals surface area contributed by atoms with E-state index >= 15 is 0 Å². The number of anilines is 1. The smallest absolute Gasteiger partial charge is 0.161 e. The summed E-state index contributed by atoms with van der Waals surface area (Å²) >= 11 is 19.5. The van der Waals surface area contributed by atoms with Gasteiger partial charge in [0, 0.05) is 10.3 Å². The summed E-state index contributed by atoms with van der Waals surface area (Å²) < 4.78 is 23.5. The number of fused-ring (bicyclic) bond motifs is 1. The second kappa shape index (κ2) is 4.95. The minimum atomic E-state index is -3.08. The van der Waals surface area contributed by atoms with Crippen LogP contribution in [0.1, 0.15) is 0 Å². The molecule has 4 nitrogen and oxygen atoms in total. The molecule has 108 valence electrons. The first-order chi connectivity index (χ1) is 9.28. The first-order valence-corrected chi connectivity index (χ1v) is 9.51. The van der Waals surface area contributed by atoms with Crippen LogP contribution in [0.3, 0.4) is 0 Å². The molecule has 2 fully saturated rings. The van der Waals surface area contributed by atoms with Crippen LogP contribution in [0.4, 0.5) is 5.69 Å². The monoisotopic (exact) mass is 370 g/mol. The van der Waals surface area contributed by atoms with E-state index in [2.05, 4.69) is 0 Å². The minimum Gasteiger partial charge on any atom is -0.313 e. The van der Waals surface area contributed by atoms with E-state index in [-0.39, 0.29) is 28.0 Å². The Morgan fingerprint density at radius 1 is 1.20 bits per heavy atom. The van der Waals surface area contributed by atoms with Gasteiger partial charge in [-0.2, -0.15) is 0 Å². The first kappa shape index (κ1) is 14.8. The first-order valence-electron chi connectivity index (χ1n) is 5.68. The Kier molecular flexibility index (Phi) is 3.66. The van der Waals surface area contributed by atoms with E-state index in [1.807, 2.05) is 0 Å². The zero-order chi connectivity index (χ0) is 14.7. The predicted octanol–water partition coefficient (Wildman–Crippen LogP) is 3.30. The van der Waals surface area contributed by atoms with Crippen molar-refractivity contribution in [3.8, 4) is 0 Å². The quantitative estimate of drug-likeness (QED) is 0.823. The van der Waals surface area contributed by atoms with Crippen LogP contribution >= 0.6 is 46.6 Å². The molecular formula is C11H9Cl3N2O2S2. The van der Waals surface area contributed by atoms with Crippen LogP contribution < -0.4 is 4.90 Å². The number of hydrogen-bond acceptors (Lipinski definition) is 4. The summed E-state index contributed by atoms with van der Waals surface area (Å²) in [4.78, 5) is 1.61. The SMILES string of the molecule is N=C1S[C@@H]2CS(=O)(=O)C[C@H]2N1c1c(Cl)cc(Cl)cc1Cl. The van der Waals surface area contributed by atoms with E-state index in [1.165, 1.54) is 11.8 Å². The number of benzene rings is 1. The molecule has 2 aliphatic heterocycles. The fourth-order valence-corrected chi connectivity index (χ4v) is 7.31.